The molecule has 260 valence electrons. The zero-order valence-electron chi connectivity index (χ0n) is 29.1. The van der Waals surface area contributed by atoms with Gasteiger partial charge < -0.3 is 30.7 Å². The van der Waals surface area contributed by atoms with Gasteiger partial charge in [-0.3, -0.25) is 9.59 Å². The quantitative estimate of drug-likeness (QED) is 0.101. The normalized spacial score (nSPS) is 13.6. The maximum atomic E-state index is 12.8. The van der Waals surface area contributed by atoms with Crippen molar-refractivity contribution >= 4 is 11.8 Å². The molecule has 0 aliphatic heterocycles. The molecule has 0 aliphatic rings. The Morgan fingerprint density at radius 2 is 1.48 bits per heavy atom. The minimum Gasteiger partial charge on any atom is -0.387 e. The predicted octanol–water partition coefficient (Wildman–Crippen LogP) is 5.45. The molecule has 0 saturated carbocycles. The fraction of sp³-hybridized carbons (Fsp3) is 0.293. The third-order valence-corrected chi connectivity index (χ3v) is 8.89. The first-order valence-electron chi connectivity index (χ1n) is 17.1. The number of nitrogens with zero attached hydrogens (tertiary/aromatic N) is 2. The van der Waals surface area contributed by atoms with E-state index in [0.717, 1.165) is 51.4 Å². The van der Waals surface area contributed by atoms with Gasteiger partial charge in [0.25, 0.3) is 5.91 Å². The maximum absolute atomic E-state index is 12.8. The standard InChI is InChI=1S/C41H47N5O4/c1-27(42-26-37(47)36-19-20-38(43-25-36)46-28(2)13-14-29(46)3)21-32-9-8-10-33(22-32)23-39(48)44-24-31-15-17-35(18-16-31)41(50)45-30(4)40(49)34-11-6-5-7-12-34/h5-20,22,25,27,30,37,40,42,47,49H,21,23-24,26H2,1-4H3,(H,44,48)(H,45,50)/t27?,30-,37-,40-/m0/s1. The van der Waals surface area contributed by atoms with Crippen LogP contribution < -0.4 is 16.0 Å². The third-order valence-electron chi connectivity index (χ3n) is 8.89. The zero-order valence-corrected chi connectivity index (χ0v) is 29.1. The summed E-state index contributed by atoms with van der Waals surface area (Å²) in [4.78, 5) is 30.1. The van der Waals surface area contributed by atoms with Gasteiger partial charge in [0.1, 0.15) is 5.82 Å². The average molecular weight is 674 g/mol. The first-order chi connectivity index (χ1) is 24.1. The Morgan fingerprint density at radius 3 is 2.16 bits per heavy atom. The molecule has 3 aromatic carbocycles. The highest BCUT2D eigenvalue weighted by Gasteiger charge is 2.19. The topological polar surface area (TPSA) is 129 Å². The largest absolute Gasteiger partial charge is 0.387 e. The van der Waals surface area contributed by atoms with Crippen LogP contribution in [0.15, 0.2) is 109 Å². The molecule has 0 fully saturated rings. The number of aryl methyl sites for hydroxylation is 2. The van der Waals surface area contributed by atoms with E-state index in [9.17, 15) is 19.8 Å². The summed E-state index contributed by atoms with van der Waals surface area (Å²) in [6.45, 7) is 8.68. The second kappa shape index (κ2) is 17.0. The molecule has 0 radical (unpaired) electrons. The van der Waals surface area contributed by atoms with E-state index in [2.05, 4.69) is 44.6 Å². The number of aliphatic hydroxyl groups excluding tert-OH is 2. The van der Waals surface area contributed by atoms with Crippen LogP contribution in [0.5, 0.6) is 0 Å². The van der Waals surface area contributed by atoms with Gasteiger partial charge >= 0.3 is 0 Å². The van der Waals surface area contributed by atoms with Crippen LogP contribution >= 0.6 is 0 Å². The van der Waals surface area contributed by atoms with Crippen molar-refractivity contribution in [1.29, 1.82) is 0 Å². The molecule has 0 bridgehead atoms. The number of rotatable bonds is 15. The van der Waals surface area contributed by atoms with Crippen LogP contribution in [0, 0.1) is 13.8 Å². The molecule has 0 spiro atoms. The lowest BCUT2D eigenvalue weighted by molar-refractivity contribution is -0.120. The average Bonchev–Trinajstić information content (AvgIpc) is 3.47. The van der Waals surface area contributed by atoms with Crippen LogP contribution in [-0.4, -0.2) is 50.2 Å². The van der Waals surface area contributed by atoms with Crippen LogP contribution in [0.2, 0.25) is 0 Å². The van der Waals surface area contributed by atoms with Crippen molar-refractivity contribution in [1.82, 2.24) is 25.5 Å². The first kappa shape index (κ1) is 36.2. The van der Waals surface area contributed by atoms with Gasteiger partial charge in [-0.25, -0.2) is 4.98 Å². The molecule has 9 nitrogen and oxygen atoms in total. The number of benzene rings is 3. The number of hydrogen-bond acceptors (Lipinski definition) is 6. The lowest BCUT2D eigenvalue weighted by Gasteiger charge is -2.20. The van der Waals surface area contributed by atoms with Gasteiger partial charge in [-0.1, -0.05) is 72.8 Å². The molecule has 5 N–H and O–H groups in total. The molecular weight excluding hydrogens is 626 g/mol. The summed E-state index contributed by atoms with van der Waals surface area (Å²) in [7, 11) is 0. The molecule has 4 atom stereocenters. The predicted molar refractivity (Wildman–Crippen MR) is 196 cm³/mol. The van der Waals surface area contributed by atoms with E-state index in [1.807, 2.05) is 92.7 Å². The van der Waals surface area contributed by atoms with Crippen molar-refractivity contribution in [3.63, 3.8) is 0 Å². The minimum atomic E-state index is -0.813. The summed E-state index contributed by atoms with van der Waals surface area (Å²) in [5.74, 6) is 0.465. The van der Waals surface area contributed by atoms with Gasteiger partial charge in [-0.05, 0) is 86.7 Å². The molecule has 0 aliphatic carbocycles. The highest BCUT2D eigenvalue weighted by Crippen LogP contribution is 2.19. The van der Waals surface area contributed by atoms with Gasteiger partial charge in [0.15, 0.2) is 0 Å². The Kier molecular flexibility index (Phi) is 12.3. The molecule has 2 aromatic heterocycles. The summed E-state index contributed by atoms with van der Waals surface area (Å²) < 4.78 is 2.08. The molecule has 1 unspecified atom stereocenters. The van der Waals surface area contributed by atoms with Gasteiger partial charge in [-0.15, -0.1) is 0 Å². The van der Waals surface area contributed by atoms with Crippen LogP contribution in [0.25, 0.3) is 5.82 Å². The fourth-order valence-corrected chi connectivity index (χ4v) is 6.01. The molecule has 9 heteroatoms. The summed E-state index contributed by atoms with van der Waals surface area (Å²) in [5.41, 5.74) is 7.11. The van der Waals surface area contributed by atoms with Crippen molar-refractivity contribution in [3.05, 3.63) is 154 Å². The van der Waals surface area contributed by atoms with Crippen LogP contribution in [0.1, 0.15) is 75.6 Å². The van der Waals surface area contributed by atoms with Crippen LogP contribution in [-0.2, 0) is 24.2 Å². The Morgan fingerprint density at radius 1 is 0.780 bits per heavy atom. The number of carbonyl (C=O) groups excluding carboxylic acids is 2. The van der Waals surface area contributed by atoms with Gasteiger partial charge in [0.2, 0.25) is 5.91 Å². The van der Waals surface area contributed by atoms with Gasteiger partial charge in [0, 0.05) is 47.8 Å². The second-order valence-electron chi connectivity index (χ2n) is 13.0. The molecule has 50 heavy (non-hydrogen) atoms. The summed E-state index contributed by atoms with van der Waals surface area (Å²) in [5, 5.41) is 30.6. The van der Waals surface area contributed by atoms with Crippen LogP contribution in [0.3, 0.4) is 0 Å². The molecule has 5 aromatic rings. The van der Waals surface area contributed by atoms with E-state index in [4.69, 9.17) is 0 Å². The van der Waals surface area contributed by atoms with Crippen LogP contribution in [0.4, 0.5) is 0 Å². The zero-order chi connectivity index (χ0) is 35.6. The van der Waals surface area contributed by atoms with Crippen molar-refractivity contribution in [3.8, 4) is 5.82 Å². The Labute approximate surface area is 294 Å². The lowest BCUT2D eigenvalue weighted by atomic mass is 10.0. The minimum absolute atomic E-state index is 0.0938. The molecular formula is C41H47N5O4. The van der Waals surface area contributed by atoms with E-state index in [1.54, 1.807) is 25.3 Å². The van der Waals surface area contributed by atoms with Gasteiger partial charge in [0.05, 0.1) is 24.7 Å². The van der Waals surface area contributed by atoms with Gasteiger partial charge in [-0.2, -0.15) is 0 Å². The highest BCUT2D eigenvalue weighted by molar-refractivity contribution is 5.94. The molecule has 0 saturated heterocycles. The number of amides is 2. The van der Waals surface area contributed by atoms with Crippen molar-refractivity contribution in [2.24, 2.45) is 0 Å². The smallest absolute Gasteiger partial charge is 0.251 e. The number of hydrogen-bond donors (Lipinski definition) is 5. The summed E-state index contributed by atoms with van der Waals surface area (Å²) >= 11 is 0. The highest BCUT2D eigenvalue weighted by atomic mass is 16.3. The van der Waals surface area contributed by atoms with E-state index < -0.39 is 18.2 Å². The number of aliphatic hydroxyl groups is 2. The monoisotopic (exact) mass is 673 g/mol. The summed E-state index contributed by atoms with van der Waals surface area (Å²) in [6, 6.07) is 31.9. The fourth-order valence-electron chi connectivity index (χ4n) is 6.01. The first-order valence-corrected chi connectivity index (χ1v) is 17.1. The SMILES string of the molecule is Cc1ccc(C)n1-c1ccc([C@@H](O)CNC(C)Cc2cccc(CC(=O)NCc3ccc(C(=O)N[C@@H](C)[C@H](O)c4ccccc4)cc3)c2)cn1. The lowest BCUT2D eigenvalue weighted by Crippen LogP contribution is -2.37. The molecule has 5 rings (SSSR count). The number of nitrogens with one attached hydrogen (secondary N) is 3. The van der Waals surface area contributed by atoms with E-state index in [0.29, 0.717) is 18.7 Å². The summed E-state index contributed by atoms with van der Waals surface area (Å²) in [6.07, 6.45) is 1.23. The maximum Gasteiger partial charge on any atom is 0.251 e. The Bertz CT molecular complexity index is 1840. The molecule has 2 amide bonds. The number of aromatic nitrogens is 2. The second-order valence-corrected chi connectivity index (χ2v) is 13.0. The van der Waals surface area contributed by atoms with E-state index in [-0.39, 0.29) is 24.3 Å². The Hall–Kier alpha value is -5.09. The van der Waals surface area contributed by atoms with Crippen molar-refractivity contribution < 1.29 is 19.8 Å². The van der Waals surface area contributed by atoms with E-state index >= 15 is 0 Å². The number of pyridine rings is 1. The Balaban J connectivity index is 1.04. The molecule has 2 heterocycles. The van der Waals surface area contributed by atoms with E-state index in [1.165, 1.54) is 0 Å². The number of carbonyl (C=O) groups is 2. The van der Waals surface area contributed by atoms with Crippen molar-refractivity contribution in [2.45, 2.75) is 71.4 Å². The third kappa shape index (κ3) is 9.75. The van der Waals surface area contributed by atoms with Crippen molar-refractivity contribution in [2.75, 3.05) is 6.54 Å².